The van der Waals surface area contributed by atoms with Crippen LogP contribution in [0.3, 0.4) is 0 Å². The molecule has 0 amide bonds. The molecule has 4 rings (SSSR count). The molecule has 2 aromatic heterocycles. The first-order valence-electron chi connectivity index (χ1n) is 8.57. The van der Waals surface area contributed by atoms with Gasteiger partial charge in [-0.25, -0.2) is 4.79 Å². The molecule has 0 aliphatic carbocycles. The molecule has 134 valence electrons. The zero-order valence-corrected chi connectivity index (χ0v) is 14.4. The molecule has 0 aliphatic rings. The number of imidazole rings is 1. The Morgan fingerprint density at radius 3 is 2.37 bits per heavy atom. The number of fused-ring (bicyclic) bond motifs is 1. The summed E-state index contributed by atoms with van der Waals surface area (Å²) in [4.78, 5) is 27.6. The summed E-state index contributed by atoms with van der Waals surface area (Å²) in [5.74, 6) is -0.821. The lowest BCUT2D eigenvalue weighted by atomic mass is 10.1. The van der Waals surface area contributed by atoms with Gasteiger partial charge in [0.15, 0.2) is 0 Å². The highest BCUT2D eigenvalue weighted by Crippen LogP contribution is 2.17. The second-order valence-electron chi connectivity index (χ2n) is 6.29. The highest BCUT2D eigenvalue weighted by Gasteiger charge is 2.08. The number of hydrogen-bond donors (Lipinski definition) is 1. The van der Waals surface area contributed by atoms with Crippen LogP contribution in [0.4, 0.5) is 0 Å². The van der Waals surface area contributed by atoms with Gasteiger partial charge in [0.25, 0.3) is 0 Å². The molecule has 2 heterocycles. The van der Waals surface area contributed by atoms with Gasteiger partial charge in [0.05, 0.1) is 11.4 Å². The minimum absolute atomic E-state index is 0.0904. The van der Waals surface area contributed by atoms with Crippen molar-refractivity contribution in [1.29, 1.82) is 0 Å². The van der Waals surface area contributed by atoms with Crippen LogP contribution in [-0.4, -0.2) is 25.2 Å². The molecule has 0 fully saturated rings. The lowest BCUT2D eigenvalue weighted by Gasteiger charge is -2.05. The van der Waals surface area contributed by atoms with E-state index in [0.29, 0.717) is 6.42 Å². The first-order chi connectivity index (χ1) is 13.1. The standard InChI is InChI=1S/C21H17N3O3/c25-20(26)8-3-15-1-5-18(6-2-15)23-11-12-24(21(23)27)19-7-4-17-14-22-10-9-16(17)13-19/h1-2,4-7,9-14H,3,8H2,(H,25,26). The number of carboxylic acid groups (broad SMARTS) is 1. The lowest BCUT2D eigenvalue weighted by Crippen LogP contribution is -2.21. The van der Waals surface area contributed by atoms with Gasteiger partial charge >= 0.3 is 11.7 Å². The molecule has 0 saturated heterocycles. The second-order valence-corrected chi connectivity index (χ2v) is 6.29. The number of aliphatic carboxylic acids is 1. The maximum atomic E-state index is 12.8. The number of aryl methyl sites for hydroxylation is 1. The Morgan fingerprint density at radius 2 is 1.63 bits per heavy atom. The Labute approximate surface area is 155 Å². The third-order valence-corrected chi connectivity index (χ3v) is 4.52. The van der Waals surface area contributed by atoms with E-state index in [4.69, 9.17) is 5.11 Å². The van der Waals surface area contributed by atoms with Crippen LogP contribution in [0.25, 0.3) is 22.1 Å². The van der Waals surface area contributed by atoms with Crippen LogP contribution in [-0.2, 0) is 11.2 Å². The van der Waals surface area contributed by atoms with Gasteiger partial charge in [-0.15, -0.1) is 0 Å². The fraction of sp³-hybridized carbons (Fsp3) is 0.0952. The summed E-state index contributed by atoms with van der Waals surface area (Å²) in [7, 11) is 0. The molecule has 0 unspecified atom stereocenters. The van der Waals surface area contributed by atoms with Crippen molar-refractivity contribution >= 4 is 16.7 Å². The van der Waals surface area contributed by atoms with Crippen molar-refractivity contribution in [2.75, 3.05) is 0 Å². The maximum absolute atomic E-state index is 12.8. The zero-order valence-electron chi connectivity index (χ0n) is 14.4. The molecule has 2 aromatic carbocycles. The molecule has 0 aliphatic heterocycles. The van der Waals surface area contributed by atoms with E-state index in [-0.39, 0.29) is 12.1 Å². The van der Waals surface area contributed by atoms with Crippen LogP contribution >= 0.6 is 0 Å². The van der Waals surface area contributed by atoms with Crippen LogP contribution in [0, 0.1) is 0 Å². The lowest BCUT2D eigenvalue weighted by molar-refractivity contribution is -0.136. The number of aromatic nitrogens is 3. The summed E-state index contributed by atoms with van der Waals surface area (Å²) in [6.07, 6.45) is 7.55. The fourth-order valence-electron chi connectivity index (χ4n) is 3.06. The van der Waals surface area contributed by atoms with Crippen LogP contribution in [0.1, 0.15) is 12.0 Å². The number of hydrogen-bond acceptors (Lipinski definition) is 3. The number of carboxylic acids is 1. The van der Waals surface area contributed by atoms with E-state index in [1.807, 2.05) is 48.5 Å². The van der Waals surface area contributed by atoms with E-state index >= 15 is 0 Å². The van der Waals surface area contributed by atoms with Gasteiger partial charge in [0.1, 0.15) is 0 Å². The van der Waals surface area contributed by atoms with E-state index in [9.17, 15) is 9.59 Å². The molecule has 1 N–H and O–H groups in total. The summed E-state index contributed by atoms with van der Waals surface area (Å²) in [5.41, 5.74) is 2.29. The first kappa shape index (κ1) is 16.8. The monoisotopic (exact) mass is 359 g/mol. The average Bonchev–Trinajstić information content (AvgIpc) is 3.08. The number of carbonyl (C=O) groups is 1. The zero-order chi connectivity index (χ0) is 18.8. The second kappa shape index (κ2) is 6.92. The predicted molar refractivity (Wildman–Crippen MR) is 103 cm³/mol. The summed E-state index contributed by atoms with van der Waals surface area (Å²) >= 11 is 0. The van der Waals surface area contributed by atoms with Crippen molar-refractivity contribution in [2.24, 2.45) is 0 Å². The Morgan fingerprint density at radius 1 is 0.926 bits per heavy atom. The number of nitrogens with zero attached hydrogens (tertiary/aromatic N) is 3. The average molecular weight is 359 g/mol. The molecule has 4 aromatic rings. The van der Waals surface area contributed by atoms with E-state index in [2.05, 4.69) is 4.98 Å². The summed E-state index contributed by atoms with van der Waals surface area (Å²) in [5, 5.41) is 10.8. The van der Waals surface area contributed by atoms with Crippen LogP contribution in [0.2, 0.25) is 0 Å². The van der Waals surface area contributed by atoms with E-state index in [0.717, 1.165) is 27.7 Å². The van der Waals surface area contributed by atoms with Crippen molar-refractivity contribution in [1.82, 2.24) is 14.1 Å². The Kier molecular flexibility index (Phi) is 4.30. The first-order valence-corrected chi connectivity index (χ1v) is 8.57. The van der Waals surface area contributed by atoms with Crippen molar-refractivity contribution in [2.45, 2.75) is 12.8 Å². The van der Waals surface area contributed by atoms with Crippen LogP contribution in [0.15, 0.2) is 78.1 Å². The van der Waals surface area contributed by atoms with Crippen molar-refractivity contribution in [3.8, 4) is 11.4 Å². The normalized spacial score (nSPS) is 11.0. The minimum atomic E-state index is -0.821. The van der Waals surface area contributed by atoms with Gasteiger partial charge in [-0.1, -0.05) is 18.2 Å². The molecule has 27 heavy (non-hydrogen) atoms. The van der Waals surface area contributed by atoms with Gasteiger partial charge in [-0.2, -0.15) is 0 Å². The Bertz CT molecular complexity index is 1170. The number of pyridine rings is 1. The summed E-state index contributed by atoms with van der Waals surface area (Å²) in [6, 6.07) is 15.1. The van der Waals surface area contributed by atoms with Crippen LogP contribution < -0.4 is 5.69 Å². The Balaban J connectivity index is 1.65. The van der Waals surface area contributed by atoms with Crippen molar-refractivity contribution in [3.05, 3.63) is 89.4 Å². The maximum Gasteiger partial charge on any atom is 0.337 e. The quantitative estimate of drug-likeness (QED) is 0.594. The molecule has 0 radical (unpaired) electrons. The molecule has 0 spiro atoms. The molecule has 6 nitrogen and oxygen atoms in total. The Hall–Kier alpha value is -3.67. The molecular formula is C21H17N3O3. The van der Waals surface area contributed by atoms with Crippen molar-refractivity contribution in [3.63, 3.8) is 0 Å². The predicted octanol–water partition coefficient (Wildman–Crippen LogP) is 3.19. The van der Waals surface area contributed by atoms with Crippen LogP contribution in [0.5, 0.6) is 0 Å². The largest absolute Gasteiger partial charge is 0.481 e. The van der Waals surface area contributed by atoms with E-state index in [1.54, 1.807) is 33.9 Å². The van der Waals surface area contributed by atoms with Gasteiger partial charge in [-0.3, -0.25) is 18.9 Å². The third kappa shape index (κ3) is 3.37. The van der Waals surface area contributed by atoms with E-state index < -0.39 is 5.97 Å². The highest BCUT2D eigenvalue weighted by molar-refractivity contribution is 5.83. The molecule has 0 saturated carbocycles. The topological polar surface area (TPSA) is 77.1 Å². The number of benzene rings is 2. The van der Waals surface area contributed by atoms with Gasteiger partial charge in [0, 0.05) is 36.6 Å². The summed E-state index contributed by atoms with van der Waals surface area (Å²) in [6.45, 7) is 0. The molecular weight excluding hydrogens is 342 g/mol. The van der Waals surface area contributed by atoms with Gasteiger partial charge < -0.3 is 5.11 Å². The molecule has 6 heteroatoms. The van der Waals surface area contributed by atoms with E-state index in [1.165, 1.54) is 0 Å². The fourth-order valence-corrected chi connectivity index (χ4v) is 3.06. The van der Waals surface area contributed by atoms with Crippen molar-refractivity contribution < 1.29 is 9.90 Å². The number of rotatable bonds is 5. The highest BCUT2D eigenvalue weighted by atomic mass is 16.4. The van der Waals surface area contributed by atoms with Gasteiger partial charge in [0.2, 0.25) is 0 Å². The molecule has 0 bridgehead atoms. The smallest absolute Gasteiger partial charge is 0.337 e. The third-order valence-electron chi connectivity index (χ3n) is 4.52. The summed E-state index contributed by atoms with van der Waals surface area (Å²) < 4.78 is 3.16. The molecule has 0 atom stereocenters. The van der Waals surface area contributed by atoms with Gasteiger partial charge in [-0.05, 0) is 47.7 Å². The SMILES string of the molecule is O=C(O)CCc1ccc(-n2ccn(-c3ccc4cnccc4c3)c2=O)cc1. The minimum Gasteiger partial charge on any atom is -0.481 e.